The molecule has 3 rings (SSSR count). The Morgan fingerprint density at radius 3 is 3.11 bits per heavy atom. The molecule has 19 heavy (non-hydrogen) atoms. The minimum absolute atomic E-state index is 0.0333. The van der Waals surface area contributed by atoms with Crippen molar-refractivity contribution in [1.29, 1.82) is 0 Å². The van der Waals surface area contributed by atoms with Crippen LogP contribution in [-0.2, 0) is 4.74 Å². The van der Waals surface area contributed by atoms with Crippen molar-refractivity contribution in [3.63, 3.8) is 0 Å². The number of aliphatic hydroxyl groups is 2. The molecule has 0 radical (unpaired) electrons. The topological polar surface area (TPSA) is 139 Å². The Kier molecular flexibility index (Phi) is 2.73. The summed E-state index contributed by atoms with van der Waals surface area (Å²) in [5.74, 6) is -0.0333. The maximum atomic E-state index is 11.6. The number of ether oxygens (including phenoxy) is 1. The number of aromatic amines is 1. The number of nitrogen functional groups attached to an aromatic ring is 1. The maximum Gasteiger partial charge on any atom is 0.295 e. The molecule has 1 aliphatic heterocycles. The van der Waals surface area contributed by atoms with Crippen LogP contribution in [0.1, 0.15) is 18.2 Å². The molecular weight excluding hydrogens is 254 g/mol. The van der Waals surface area contributed by atoms with E-state index in [-0.39, 0.29) is 18.2 Å². The highest BCUT2D eigenvalue weighted by Gasteiger charge is 2.36. The molecule has 1 fully saturated rings. The van der Waals surface area contributed by atoms with Gasteiger partial charge in [-0.2, -0.15) is 0 Å². The third kappa shape index (κ3) is 1.87. The lowest BCUT2D eigenvalue weighted by atomic mass is 10.1. The summed E-state index contributed by atoms with van der Waals surface area (Å²) in [6.45, 7) is -0.273. The average molecular weight is 267 g/mol. The Balaban J connectivity index is 2.05. The van der Waals surface area contributed by atoms with Crippen molar-refractivity contribution >= 4 is 11.6 Å². The van der Waals surface area contributed by atoms with Crippen LogP contribution in [-0.4, -0.2) is 48.6 Å². The molecule has 1 saturated heterocycles. The SMILES string of the molecule is Nc1nn2c(C3CC(O)C(CO)O3)cnc2c(=O)[nH]1. The van der Waals surface area contributed by atoms with Gasteiger partial charge >= 0.3 is 0 Å². The average Bonchev–Trinajstić information content (AvgIpc) is 2.92. The highest BCUT2D eigenvalue weighted by Crippen LogP contribution is 2.32. The summed E-state index contributed by atoms with van der Waals surface area (Å²) in [4.78, 5) is 17.9. The molecule has 0 amide bonds. The molecule has 3 heterocycles. The number of H-pyrrole nitrogens is 1. The summed E-state index contributed by atoms with van der Waals surface area (Å²) >= 11 is 0. The Morgan fingerprint density at radius 2 is 2.42 bits per heavy atom. The van der Waals surface area contributed by atoms with Gasteiger partial charge in [0, 0.05) is 6.42 Å². The second-order valence-electron chi connectivity index (χ2n) is 4.41. The standard InChI is InChI=1S/C10H13N5O4/c11-10-13-9(18)8-12-2-4(15(8)14-10)6-1-5(17)7(3-16)19-6/h2,5-7,16-17H,1,3H2,(H3,11,13,14,18). The monoisotopic (exact) mass is 267 g/mol. The second kappa shape index (κ2) is 4.30. The number of hydrogen-bond acceptors (Lipinski definition) is 7. The molecule has 3 atom stereocenters. The highest BCUT2D eigenvalue weighted by atomic mass is 16.5. The van der Waals surface area contributed by atoms with Crippen molar-refractivity contribution in [3.05, 3.63) is 22.2 Å². The van der Waals surface area contributed by atoms with Crippen molar-refractivity contribution < 1.29 is 14.9 Å². The Bertz CT molecular complexity index is 665. The van der Waals surface area contributed by atoms with E-state index in [9.17, 15) is 9.90 Å². The fourth-order valence-electron chi connectivity index (χ4n) is 2.23. The summed E-state index contributed by atoms with van der Waals surface area (Å²) in [5, 5.41) is 22.7. The van der Waals surface area contributed by atoms with Crippen LogP contribution in [0.4, 0.5) is 5.95 Å². The highest BCUT2D eigenvalue weighted by molar-refractivity contribution is 5.38. The van der Waals surface area contributed by atoms with E-state index in [0.29, 0.717) is 12.1 Å². The van der Waals surface area contributed by atoms with Crippen LogP contribution in [0.2, 0.25) is 0 Å². The van der Waals surface area contributed by atoms with E-state index in [1.54, 1.807) is 0 Å². The number of imidazole rings is 1. The lowest BCUT2D eigenvalue weighted by molar-refractivity contribution is -0.0240. The fraction of sp³-hybridized carbons (Fsp3) is 0.500. The van der Waals surface area contributed by atoms with Gasteiger partial charge < -0.3 is 20.7 Å². The van der Waals surface area contributed by atoms with Crippen molar-refractivity contribution in [2.75, 3.05) is 12.3 Å². The number of anilines is 1. The molecule has 0 spiro atoms. The quantitative estimate of drug-likeness (QED) is 0.502. The number of rotatable bonds is 2. The van der Waals surface area contributed by atoms with Crippen LogP contribution >= 0.6 is 0 Å². The van der Waals surface area contributed by atoms with Crippen LogP contribution < -0.4 is 11.3 Å². The molecule has 0 aliphatic carbocycles. The summed E-state index contributed by atoms with van der Waals surface area (Å²) in [6, 6.07) is 0. The Labute approximate surface area is 106 Å². The molecular formula is C10H13N5O4. The van der Waals surface area contributed by atoms with Gasteiger partial charge in [-0.3, -0.25) is 9.78 Å². The Morgan fingerprint density at radius 1 is 1.63 bits per heavy atom. The molecule has 0 saturated carbocycles. The first-order chi connectivity index (χ1) is 9.10. The van der Waals surface area contributed by atoms with Gasteiger partial charge in [-0.05, 0) is 0 Å². The zero-order chi connectivity index (χ0) is 13.6. The zero-order valence-electron chi connectivity index (χ0n) is 9.85. The van der Waals surface area contributed by atoms with Gasteiger partial charge in [-0.15, -0.1) is 5.10 Å². The molecule has 1 aliphatic rings. The lowest BCUT2D eigenvalue weighted by Crippen LogP contribution is -2.24. The van der Waals surface area contributed by atoms with E-state index >= 15 is 0 Å². The van der Waals surface area contributed by atoms with E-state index in [1.807, 2.05) is 0 Å². The molecule has 9 nitrogen and oxygen atoms in total. The molecule has 5 N–H and O–H groups in total. The van der Waals surface area contributed by atoms with Crippen molar-refractivity contribution in [2.45, 2.75) is 24.7 Å². The van der Waals surface area contributed by atoms with Gasteiger partial charge in [-0.1, -0.05) is 0 Å². The largest absolute Gasteiger partial charge is 0.394 e. The third-order valence-electron chi connectivity index (χ3n) is 3.15. The van der Waals surface area contributed by atoms with Crippen LogP contribution in [0, 0.1) is 0 Å². The van der Waals surface area contributed by atoms with E-state index < -0.39 is 23.9 Å². The molecule has 0 aromatic carbocycles. The minimum atomic E-state index is -0.764. The molecule has 2 aromatic heterocycles. The van der Waals surface area contributed by atoms with Crippen LogP contribution in [0.25, 0.3) is 5.65 Å². The summed E-state index contributed by atoms with van der Waals surface area (Å²) in [7, 11) is 0. The number of nitrogens with zero attached hydrogens (tertiary/aromatic N) is 3. The van der Waals surface area contributed by atoms with Gasteiger partial charge in [0.25, 0.3) is 5.56 Å². The van der Waals surface area contributed by atoms with Crippen molar-refractivity contribution in [1.82, 2.24) is 19.6 Å². The lowest BCUT2D eigenvalue weighted by Gasteiger charge is -2.11. The molecule has 102 valence electrons. The first-order valence-electron chi connectivity index (χ1n) is 5.78. The number of nitrogens with one attached hydrogen (secondary N) is 1. The van der Waals surface area contributed by atoms with Gasteiger partial charge in [-0.25, -0.2) is 9.50 Å². The first kappa shape index (κ1) is 12.1. The maximum absolute atomic E-state index is 11.6. The fourth-order valence-corrected chi connectivity index (χ4v) is 2.23. The van der Waals surface area contributed by atoms with Crippen molar-refractivity contribution in [3.8, 4) is 0 Å². The van der Waals surface area contributed by atoms with E-state index in [4.69, 9.17) is 15.6 Å². The van der Waals surface area contributed by atoms with Gasteiger partial charge in [0.1, 0.15) is 12.2 Å². The summed E-state index contributed by atoms with van der Waals surface area (Å²) < 4.78 is 6.80. The number of aliphatic hydroxyl groups excluding tert-OH is 2. The van der Waals surface area contributed by atoms with Crippen LogP contribution in [0.3, 0.4) is 0 Å². The number of hydrogen-bond donors (Lipinski definition) is 4. The summed E-state index contributed by atoms with van der Waals surface area (Å²) in [6.07, 6.45) is -0.146. The predicted octanol–water partition coefficient (Wildman–Crippen LogP) is -1.82. The number of nitrogens with two attached hydrogens (primary N) is 1. The van der Waals surface area contributed by atoms with Crippen molar-refractivity contribution in [2.24, 2.45) is 0 Å². The first-order valence-corrected chi connectivity index (χ1v) is 5.78. The van der Waals surface area contributed by atoms with Gasteiger partial charge in [0.2, 0.25) is 11.6 Å². The van der Waals surface area contributed by atoms with Gasteiger partial charge in [0.05, 0.1) is 24.6 Å². The minimum Gasteiger partial charge on any atom is -0.394 e. The van der Waals surface area contributed by atoms with E-state index in [2.05, 4.69) is 15.1 Å². The molecule has 0 bridgehead atoms. The third-order valence-corrected chi connectivity index (χ3v) is 3.15. The summed E-state index contributed by atoms with van der Waals surface area (Å²) in [5.41, 5.74) is 5.66. The van der Waals surface area contributed by atoms with E-state index in [1.165, 1.54) is 10.7 Å². The van der Waals surface area contributed by atoms with Crippen LogP contribution in [0.15, 0.2) is 11.0 Å². The van der Waals surface area contributed by atoms with E-state index in [0.717, 1.165) is 0 Å². The van der Waals surface area contributed by atoms with Gasteiger partial charge in [0.15, 0.2) is 0 Å². The molecule has 3 unspecified atom stereocenters. The zero-order valence-corrected chi connectivity index (χ0v) is 9.85. The number of aromatic nitrogens is 4. The number of fused-ring (bicyclic) bond motifs is 1. The molecule has 2 aromatic rings. The molecule has 9 heteroatoms. The predicted molar refractivity (Wildman–Crippen MR) is 63.3 cm³/mol. The second-order valence-corrected chi connectivity index (χ2v) is 4.41. The Hall–Kier alpha value is -1.97. The normalized spacial score (nSPS) is 27.2. The van der Waals surface area contributed by atoms with Crippen LogP contribution in [0.5, 0.6) is 0 Å². The smallest absolute Gasteiger partial charge is 0.295 e.